The van der Waals surface area contributed by atoms with E-state index < -0.39 is 5.97 Å². The van der Waals surface area contributed by atoms with E-state index >= 15 is 0 Å². The molecule has 0 fully saturated rings. The highest BCUT2D eigenvalue weighted by Gasteiger charge is 2.22. The molecule has 1 aliphatic rings. The first kappa shape index (κ1) is 13.4. The monoisotopic (exact) mass is 285 g/mol. The molecule has 0 radical (unpaired) electrons. The minimum absolute atomic E-state index is 0.163. The van der Waals surface area contributed by atoms with Crippen LogP contribution in [-0.4, -0.2) is 40.7 Å². The van der Waals surface area contributed by atoms with Crippen molar-refractivity contribution < 1.29 is 14.7 Å². The number of nitrogens with zero attached hydrogens (tertiary/aromatic N) is 1. The van der Waals surface area contributed by atoms with Crippen molar-refractivity contribution in [1.82, 2.24) is 4.90 Å². The zero-order chi connectivity index (χ0) is 13.1. The summed E-state index contributed by atoms with van der Waals surface area (Å²) in [7, 11) is 0. The van der Waals surface area contributed by atoms with E-state index in [2.05, 4.69) is 0 Å². The summed E-state index contributed by atoms with van der Waals surface area (Å²) in [4.78, 5) is 26.2. The van der Waals surface area contributed by atoms with E-state index in [9.17, 15) is 9.59 Å². The SMILES string of the molecule is CCN(CC(=O)O)C(=O)c1cc2c(s1)CCSC2. The Kier molecular flexibility index (Phi) is 4.29. The van der Waals surface area contributed by atoms with Crippen LogP contribution in [0.1, 0.15) is 27.0 Å². The Labute approximate surface area is 114 Å². The Balaban J connectivity index is 2.16. The molecule has 0 aliphatic carbocycles. The molecule has 2 rings (SSSR count). The summed E-state index contributed by atoms with van der Waals surface area (Å²) in [5.41, 5.74) is 1.24. The number of carboxylic acid groups (broad SMARTS) is 1. The fraction of sp³-hybridized carbons (Fsp3) is 0.500. The van der Waals surface area contributed by atoms with E-state index in [1.807, 2.05) is 17.8 Å². The van der Waals surface area contributed by atoms with Gasteiger partial charge in [-0.15, -0.1) is 11.3 Å². The van der Waals surface area contributed by atoms with Crippen molar-refractivity contribution in [3.05, 3.63) is 21.4 Å². The van der Waals surface area contributed by atoms with E-state index in [0.717, 1.165) is 17.9 Å². The van der Waals surface area contributed by atoms with E-state index in [-0.39, 0.29) is 12.5 Å². The quantitative estimate of drug-likeness (QED) is 0.920. The van der Waals surface area contributed by atoms with Gasteiger partial charge in [0.2, 0.25) is 0 Å². The fourth-order valence-electron chi connectivity index (χ4n) is 1.90. The average molecular weight is 285 g/mol. The van der Waals surface area contributed by atoms with Crippen LogP contribution in [0.15, 0.2) is 6.07 Å². The fourth-order valence-corrected chi connectivity index (χ4v) is 4.24. The summed E-state index contributed by atoms with van der Waals surface area (Å²) in [5.74, 6) is 0.934. The topological polar surface area (TPSA) is 57.6 Å². The highest BCUT2D eigenvalue weighted by molar-refractivity contribution is 7.98. The second-order valence-corrected chi connectivity index (χ2v) is 6.32. The number of hydrogen-bond acceptors (Lipinski definition) is 4. The molecule has 0 bridgehead atoms. The second kappa shape index (κ2) is 5.75. The molecule has 1 N–H and O–H groups in total. The maximum Gasteiger partial charge on any atom is 0.323 e. The number of amides is 1. The molecule has 1 aromatic heterocycles. The van der Waals surface area contributed by atoms with Gasteiger partial charge >= 0.3 is 5.97 Å². The lowest BCUT2D eigenvalue weighted by Gasteiger charge is -2.17. The summed E-state index contributed by atoms with van der Waals surface area (Å²) in [6.07, 6.45) is 1.02. The Morgan fingerprint density at radius 1 is 1.50 bits per heavy atom. The Morgan fingerprint density at radius 3 is 2.89 bits per heavy atom. The lowest BCUT2D eigenvalue weighted by molar-refractivity contribution is -0.137. The molecule has 6 heteroatoms. The normalized spacial score (nSPS) is 14.1. The van der Waals surface area contributed by atoms with Crippen molar-refractivity contribution in [1.29, 1.82) is 0 Å². The number of aryl methyl sites for hydroxylation is 1. The predicted octanol–water partition coefficient (Wildman–Crippen LogP) is 2.08. The minimum Gasteiger partial charge on any atom is -0.480 e. The van der Waals surface area contributed by atoms with Gasteiger partial charge in [0.25, 0.3) is 5.91 Å². The summed E-state index contributed by atoms with van der Waals surface area (Å²) < 4.78 is 0. The van der Waals surface area contributed by atoms with Crippen molar-refractivity contribution >= 4 is 35.0 Å². The molecule has 0 atom stereocenters. The molecule has 0 spiro atoms. The number of likely N-dealkylation sites (N-methyl/N-ethyl adjacent to an activating group) is 1. The first-order valence-electron chi connectivity index (χ1n) is 5.82. The Bertz CT molecular complexity index is 446. The van der Waals surface area contributed by atoms with Gasteiger partial charge in [0.15, 0.2) is 0 Å². The van der Waals surface area contributed by atoms with Gasteiger partial charge < -0.3 is 10.0 Å². The molecule has 98 valence electrons. The van der Waals surface area contributed by atoms with Crippen LogP contribution in [0.5, 0.6) is 0 Å². The molecule has 4 nitrogen and oxygen atoms in total. The number of rotatable bonds is 4. The lowest BCUT2D eigenvalue weighted by Crippen LogP contribution is -2.34. The third-order valence-corrected chi connectivity index (χ3v) is 5.07. The zero-order valence-corrected chi connectivity index (χ0v) is 11.8. The molecule has 1 amide bonds. The van der Waals surface area contributed by atoms with Gasteiger partial charge in [-0.3, -0.25) is 9.59 Å². The summed E-state index contributed by atoms with van der Waals surface area (Å²) in [6, 6.07) is 1.93. The van der Waals surface area contributed by atoms with Gasteiger partial charge in [0.1, 0.15) is 6.54 Å². The van der Waals surface area contributed by atoms with Gasteiger partial charge in [0.05, 0.1) is 4.88 Å². The number of carbonyl (C=O) groups is 2. The van der Waals surface area contributed by atoms with Gasteiger partial charge in [-0.2, -0.15) is 11.8 Å². The standard InChI is InChI=1S/C12H15NO3S2/c1-2-13(6-11(14)15)12(16)10-5-8-7-17-4-3-9(8)18-10/h5H,2-4,6-7H2,1H3,(H,14,15). The van der Waals surface area contributed by atoms with Crippen LogP contribution in [0.4, 0.5) is 0 Å². The number of fused-ring (bicyclic) bond motifs is 1. The maximum absolute atomic E-state index is 12.2. The average Bonchev–Trinajstić information content (AvgIpc) is 2.78. The van der Waals surface area contributed by atoms with Gasteiger partial charge in [-0.05, 0) is 30.7 Å². The molecule has 0 aromatic carbocycles. The molecule has 18 heavy (non-hydrogen) atoms. The number of thioether (sulfide) groups is 1. The smallest absolute Gasteiger partial charge is 0.323 e. The number of carbonyl (C=O) groups excluding carboxylic acids is 1. The number of aliphatic carboxylic acids is 1. The van der Waals surface area contributed by atoms with E-state index in [0.29, 0.717) is 11.4 Å². The first-order valence-corrected chi connectivity index (χ1v) is 7.79. The molecular formula is C12H15NO3S2. The number of hydrogen-bond donors (Lipinski definition) is 1. The molecule has 0 unspecified atom stereocenters. The molecule has 0 saturated heterocycles. The Hall–Kier alpha value is -1.01. The van der Waals surface area contributed by atoms with Crippen LogP contribution in [0, 0.1) is 0 Å². The van der Waals surface area contributed by atoms with Gasteiger partial charge in [-0.25, -0.2) is 0 Å². The molecule has 2 heterocycles. The molecular weight excluding hydrogens is 270 g/mol. The van der Waals surface area contributed by atoms with Crippen molar-refractivity contribution in [3.63, 3.8) is 0 Å². The van der Waals surface area contributed by atoms with Crippen LogP contribution in [0.3, 0.4) is 0 Å². The highest BCUT2D eigenvalue weighted by Crippen LogP contribution is 2.32. The third-order valence-electron chi connectivity index (χ3n) is 2.83. The summed E-state index contributed by atoms with van der Waals surface area (Å²) in [5, 5.41) is 8.78. The first-order chi connectivity index (χ1) is 8.61. The van der Waals surface area contributed by atoms with Crippen molar-refractivity contribution in [2.24, 2.45) is 0 Å². The largest absolute Gasteiger partial charge is 0.480 e. The lowest BCUT2D eigenvalue weighted by atomic mass is 10.2. The minimum atomic E-state index is -0.970. The second-order valence-electron chi connectivity index (χ2n) is 4.07. The number of carboxylic acids is 1. The summed E-state index contributed by atoms with van der Waals surface area (Å²) >= 11 is 3.39. The maximum atomic E-state index is 12.2. The van der Waals surface area contributed by atoms with Crippen molar-refractivity contribution in [3.8, 4) is 0 Å². The van der Waals surface area contributed by atoms with Crippen molar-refractivity contribution in [2.75, 3.05) is 18.8 Å². The van der Waals surface area contributed by atoms with Crippen molar-refractivity contribution in [2.45, 2.75) is 19.1 Å². The third kappa shape index (κ3) is 2.87. The number of thiophene rings is 1. The van der Waals surface area contributed by atoms with Crippen LogP contribution in [0.25, 0.3) is 0 Å². The van der Waals surface area contributed by atoms with Crippen LogP contribution in [-0.2, 0) is 17.0 Å². The van der Waals surface area contributed by atoms with Gasteiger partial charge in [0, 0.05) is 17.2 Å². The van der Waals surface area contributed by atoms with Crippen LogP contribution < -0.4 is 0 Å². The molecule has 0 saturated carbocycles. The molecule has 1 aliphatic heterocycles. The van der Waals surface area contributed by atoms with Gasteiger partial charge in [-0.1, -0.05) is 0 Å². The van der Waals surface area contributed by atoms with E-state index in [1.165, 1.54) is 26.7 Å². The molecule has 1 aromatic rings. The predicted molar refractivity (Wildman–Crippen MR) is 73.4 cm³/mol. The van der Waals surface area contributed by atoms with Crippen LogP contribution in [0.2, 0.25) is 0 Å². The van der Waals surface area contributed by atoms with Crippen LogP contribution >= 0.6 is 23.1 Å². The van der Waals surface area contributed by atoms with E-state index in [4.69, 9.17) is 5.11 Å². The summed E-state index contributed by atoms with van der Waals surface area (Å²) in [6.45, 7) is 1.99. The Morgan fingerprint density at radius 2 is 2.28 bits per heavy atom. The zero-order valence-electron chi connectivity index (χ0n) is 10.1. The van der Waals surface area contributed by atoms with E-state index in [1.54, 1.807) is 6.92 Å². The highest BCUT2D eigenvalue weighted by atomic mass is 32.2.